The van der Waals surface area contributed by atoms with Crippen molar-refractivity contribution >= 4 is 17.5 Å². The fourth-order valence-electron chi connectivity index (χ4n) is 1.38. The van der Waals surface area contributed by atoms with Gasteiger partial charge in [-0.1, -0.05) is 12.1 Å². The molecule has 0 unspecified atom stereocenters. The van der Waals surface area contributed by atoms with Crippen LogP contribution in [-0.4, -0.2) is 27.4 Å². The van der Waals surface area contributed by atoms with Crippen LogP contribution >= 0.6 is 0 Å². The number of carbonyl (C=O) groups is 1. The van der Waals surface area contributed by atoms with Crippen molar-refractivity contribution in [3.8, 4) is 5.75 Å². The highest BCUT2D eigenvalue weighted by molar-refractivity contribution is 5.90. The Hall–Kier alpha value is -2.90. The summed E-state index contributed by atoms with van der Waals surface area (Å²) in [6.45, 7) is -0.342. The number of nitrogens with one attached hydrogen (secondary N) is 2. The van der Waals surface area contributed by atoms with Gasteiger partial charge in [-0.2, -0.15) is 0 Å². The molecule has 0 bridgehead atoms. The molecule has 8 nitrogen and oxygen atoms in total. The van der Waals surface area contributed by atoms with Crippen molar-refractivity contribution in [1.82, 2.24) is 9.97 Å². The van der Waals surface area contributed by atoms with E-state index in [1.165, 1.54) is 24.4 Å². The van der Waals surface area contributed by atoms with Crippen LogP contribution in [0.3, 0.4) is 0 Å². The fraction of sp³-hybridized carbons (Fsp3) is 0.0909. The number of ether oxygens (including phenoxy) is 1. The number of anilines is 1. The number of hydrogen-bond acceptors (Lipinski definition) is 5. The summed E-state index contributed by atoms with van der Waals surface area (Å²) in [5.74, 6) is -0.133. The number of H-pyrrole nitrogens is 1. The first kappa shape index (κ1) is 12.6. The largest absolute Gasteiger partial charge is 0.477 e. The molecule has 1 amide bonds. The summed E-state index contributed by atoms with van der Waals surface area (Å²) in [7, 11) is 0. The average Bonchev–Trinajstić information content (AvgIpc) is 2.89. The molecule has 0 saturated heterocycles. The number of nitro benzene ring substituents is 1. The normalized spacial score (nSPS) is 9.89. The second-order valence-corrected chi connectivity index (χ2v) is 3.50. The van der Waals surface area contributed by atoms with Crippen molar-refractivity contribution < 1.29 is 14.5 Å². The van der Waals surface area contributed by atoms with Crippen molar-refractivity contribution in [1.29, 1.82) is 0 Å². The van der Waals surface area contributed by atoms with Crippen LogP contribution in [0.15, 0.2) is 36.7 Å². The van der Waals surface area contributed by atoms with Gasteiger partial charge in [0, 0.05) is 18.5 Å². The lowest BCUT2D eigenvalue weighted by Gasteiger charge is -2.06. The van der Waals surface area contributed by atoms with Gasteiger partial charge < -0.3 is 9.72 Å². The zero-order chi connectivity index (χ0) is 13.7. The number of nitro groups is 1. The molecule has 2 rings (SSSR count). The lowest BCUT2D eigenvalue weighted by atomic mass is 10.3. The minimum atomic E-state index is -0.570. The minimum Gasteiger partial charge on any atom is -0.477 e. The zero-order valence-electron chi connectivity index (χ0n) is 9.70. The van der Waals surface area contributed by atoms with Gasteiger partial charge in [0.25, 0.3) is 5.91 Å². The van der Waals surface area contributed by atoms with Gasteiger partial charge in [-0.15, -0.1) is 0 Å². The topological polar surface area (TPSA) is 110 Å². The number of amides is 1. The van der Waals surface area contributed by atoms with Gasteiger partial charge in [-0.05, 0) is 6.07 Å². The molecule has 2 N–H and O–H groups in total. The van der Waals surface area contributed by atoms with E-state index in [-0.39, 0.29) is 24.0 Å². The Morgan fingerprint density at radius 3 is 2.95 bits per heavy atom. The van der Waals surface area contributed by atoms with Crippen LogP contribution in [0.2, 0.25) is 0 Å². The van der Waals surface area contributed by atoms with E-state index in [4.69, 9.17) is 4.74 Å². The molecule has 1 aromatic carbocycles. The Morgan fingerprint density at radius 1 is 1.47 bits per heavy atom. The number of carbonyl (C=O) groups excluding carboxylic acids is 1. The van der Waals surface area contributed by atoms with E-state index in [2.05, 4.69) is 15.3 Å². The standard InChI is InChI=1S/C11H10N4O4/c16-10(14-11-12-5-6-13-11)7-19-9-4-2-1-3-8(9)15(17)18/h1-6H,7H2,(H2,12,13,14,16). The minimum absolute atomic E-state index is 0.0436. The first-order chi connectivity index (χ1) is 9.16. The SMILES string of the molecule is O=C(COc1ccccc1[N+](=O)[O-])Nc1ncc[nH]1. The zero-order valence-corrected chi connectivity index (χ0v) is 9.70. The van der Waals surface area contributed by atoms with Crippen LogP contribution in [0, 0.1) is 10.1 Å². The van der Waals surface area contributed by atoms with Crippen molar-refractivity contribution in [3.63, 3.8) is 0 Å². The molecular weight excluding hydrogens is 252 g/mol. The van der Waals surface area contributed by atoms with Crippen LogP contribution in [-0.2, 0) is 4.79 Å². The summed E-state index contributed by atoms with van der Waals surface area (Å²) < 4.78 is 5.11. The highest BCUT2D eigenvalue weighted by Gasteiger charge is 2.15. The van der Waals surface area contributed by atoms with Crippen LogP contribution in [0.4, 0.5) is 11.6 Å². The highest BCUT2D eigenvalue weighted by atomic mass is 16.6. The average molecular weight is 262 g/mol. The van der Waals surface area contributed by atoms with Gasteiger partial charge in [0.05, 0.1) is 4.92 Å². The summed E-state index contributed by atoms with van der Waals surface area (Å²) in [5, 5.41) is 13.2. The van der Waals surface area contributed by atoms with E-state index >= 15 is 0 Å². The Balaban J connectivity index is 1.95. The quantitative estimate of drug-likeness (QED) is 0.624. The van der Waals surface area contributed by atoms with Crippen molar-refractivity contribution in [3.05, 3.63) is 46.8 Å². The maximum Gasteiger partial charge on any atom is 0.310 e. The molecular formula is C11H10N4O4. The molecule has 0 aliphatic heterocycles. The summed E-state index contributed by atoms with van der Waals surface area (Å²) in [4.78, 5) is 28.2. The number of para-hydroxylation sites is 2. The monoisotopic (exact) mass is 262 g/mol. The predicted octanol–water partition coefficient (Wildman–Crippen LogP) is 1.34. The molecule has 8 heteroatoms. The molecule has 0 aliphatic carbocycles. The first-order valence-electron chi connectivity index (χ1n) is 5.32. The number of aromatic nitrogens is 2. The molecule has 2 aromatic rings. The van der Waals surface area contributed by atoms with Crippen molar-refractivity contribution in [2.75, 3.05) is 11.9 Å². The highest BCUT2D eigenvalue weighted by Crippen LogP contribution is 2.25. The van der Waals surface area contributed by atoms with E-state index in [1.54, 1.807) is 12.3 Å². The second kappa shape index (κ2) is 5.63. The van der Waals surface area contributed by atoms with Crippen molar-refractivity contribution in [2.45, 2.75) is 0 Å². The molecule has 0 aliphatic rings. The molecule has 1 aromatic heterocycles. The van der Waals surface area contributed by atoms with E-state index in [9.17, 15) is 14.9 Å². The fourth-order valence-corrected chi connectivity index (χ4v) is 1.38. The Kier molecular flexibility index (Phi) is 3.72. The van der Waals surface area contributed by atoms with E-state index in [0.717, 1.165) is 0 Å². The van der Waals surface area contributed by atoms with Crippen LogP contribution < -0.4 is 10.1 Å². The van der Waals surface area contributed by atoms with Gasteiger partial charge in [-0.3, -0.25) is 20.2 Å². The van der Waals surface area contributed by atoms with Gasteiger partial charge >= 0.3 is 5.69 Å². The number of imidazole rings is 1. The Morgan fingerprint density at radius 2 is 2.26 bits per heavy atom. The van der Waals surface area contributed by atoms with Gasteiger partial charge in [0.15, 0.2) is 12.4 Å². The second-order valence-electron chi connectivity index (χ2n) is 3.50. The van der Waals surface area contributed by atoms with Gasteiger partial charge in [0.2, 0.25) is 5.95 Å². The molecule has 1 heterocycles. The number of aromatic amines is 1. The molecule has 0 spiro atoms. The maximum atomic E-state index is 11.5. The first-order valence-corrected chi connectivity index (χ1v) is 5.32. The van der Waals surface area contributed by atoms with Gasteiger partial charge in [-0.25, -0.2) is 4.98 Å². The smallest absolute Gasteiger partial charge is 0.310 e. The van der Waals surface area contributed by atoms with Crippen molar-refractivity contribution in [2.24, 2.45) is 0 Å². The summed E-state index contributed by atoms with van der Waals surface area (Å²) >= 11 is 0. The number of hydrogen-bond donors (Lipinski definition) is 2. The van der Waals surface area contributed by atoms with E-state index < -0.39 is 10.8 Å². The maximum absolute atomic E-state index is 11.5. The molecule has 0 atom stereocenters. The predicted molar refractivity (Wildman–Crippen MR) is 65.8 cm³/mol. The number of rotatable bonds is 5. The third-order valence-corrected chi connectivity index (χ3v) is 2.18. The molecule has 19 heavy (non-hydrogen) atoms. The summed E-state index contributed by atoms with van der Waals surface area (Å²) in [5.41, 5.74) is -0.187. The van der Waals surface area contributed by atoms with Gasteiger partial charge in [0.1, 0.15) is 0 Å². The summed E-state index contributed by atoms with van der Waals surface area (Å²) in [6, 6.07) is 5.85. The molecule has 0 radical (unpaired) electrons. The molecule has 98 valence electrons. The lowest BCUT2D eigenvalue weighted by Crippen LogP contribution is -2.21. The summed E-state index contributed by atoms with van der Waals surface area (Å²) in [6.07, 6.45) is 3.04. The van der Waals surface area contributed by atoms with Crippen LogP contribution in [0.25, 0.3) is 0 Å². The third-order valence-electron chi connectivity index (χ3n) is 2.18. The number of benzene rings is 1. The van der Waals surface area contributed by atoms with Crippen LogP contribution in [0.1, 0.15) is 0 Å². The lowest BCUT2D eigenvalue weighted by molar-refractivity contribution is -0.385. The Bertz CT molecular complexity index is 582. The van der Waals surface area contributed by atoms with E-state index in [0.29, 0.717) is 0 Å². The van der Waals surface area contributed by atoms with Crippen LogP contribution in [0.5, 0.6) is 5.75 Å². The number of nitrogens with zero attached hydrogens (tertiary/aromatic N) is 2. The Labute approximate surface area is 107 Å². The van der Waals surface area contributed by atoms with E-state index in [1.807, 2.05) is 0 Å². The third kappa shape index (κ3) is 3.28. The molecule has 0 saturated carbocycles. The molecule has 0 fully saturated rings.